The van der Waals surface area contributed by atoms with Crippen molar-refractivity contribution in [1.29, 1.82) is 5.26 Å². The fourth-order valence-electron chi connectivity index (χ4n) is 2.73. The van der Waals surface area contributed by atoms with Gasteiger partial charge < -0.3 is 10.6 Å². The van der Waals surface area contributed by atoms with Crippen molar-refractivity contribution in [3.63, 3.8) is 0 Å². The van der Waals surface area contributed by atoms with Gasteiger partial charge in [0.1, 0.15) is 11.9 Å². The molecule has 6 heteroatoms. The molecule has 29 heavy (non-hydrogen) atoms. The summed E-state index contributed by atoms with van der Waals surface area (Å²) in [5.41, 5.74) is 2.54. The molecule has 0 fully saturated rings. The van der Waals surface area contributed by atoms with E-state index in [0.717, 1.165) is 5.56 Å². The van der Waals surface area contributed by atoms with Crippen LogP contribution in [0.25, 0.3) is 0 Å². The highest BCUT2D eigenvalue weighted by Crippen LogP contribution is 2.15. The first-order valence-corrected chi connectivity index (χ1v) is 9.00. The standard InChI is InChI=1S/C23H18FN3O2/c24-20-11-5-16(6-12-20)13-14-26-22(28)17-7-9-18(10-8-17)23(29)27-21-4-2-1-3-19(21)15-25/h1-12H,13-14H2,(H,26,28)(H,27,29). The molecule has 0 radical (unpaired) electrons. The monoisotopic (exact) mass is 387 g/mol. The number of nitrogens with one attached hydrogen (secondary N) is 2. The highest BCUT2D eigenvalue weighted by molar-refractivity contribution is 6.05. The Morgan fingerprint density at radius 3 is 2.14 bits per heavy atom. The maximum Gasteiger partial charge on any atom is 0.255 e. The molecule has 3 aromatic rings. The molecule has 0 saturated heterocycles. The summed E-state index contributed by atoms with van der Waals surface area (Å²) < 4.78 is 12.9. The van der Waals surface area contributed by atoms with Crippen molar-refractivity contribution in [2.45, 2.75) is 6.42 Å². The van der Waals surface area contributed by atoms with Crippen LogP contribution in [0.3, 0.4) is 0 Å². The fourth-order valence-corrected chi connectivity index (χ4v) is 2.73. The molecule has 0 aromatic heterocycles. The van der Waals surface area contributed by atoms with Crippen molar-refractivity contribution in [3.8, 4) is 6.07 Å². The summed E-state index contributed by atoms with van der Waals surface area (Å²) in [5.74, 6) is -0.914. The van der Waals surface area contributed by atoms with E-state index in [9.17, 15) is 14.0 Å². The second-order valence-corrected chi connectivity index (χ2v) is 6.32. The summed E-state index contributed by atoms with van der Waals surface area (Å²) in [4.78, 5) is 24.6. The molecule has 0 bridgehead atoms. The maximum atomic E-state index is 12.9. The van der Waals surface area contributed by atoms with Crippen LogP contribution in [0, 0.1) is 17.1 Å². The third-order valence-corrected chi connectivity index (χ3v) is 4.32. The van der Waals surface area contributed by atoms with Gasteiger partial charge in [-0.1, -0.05) is 24.3 Å². The number of amides is 2. The molecule has 5 nitrogen and oxygen atoms in total. The zero-order valence-electron chi connectivity index (χ0n) is 15.5. The van der Waals surface area contributed by atoms with Gasteiger partial charge in [0, 0.05) is 17.7 Å². The van der Waals surface area contributed by atoms with Gasteiger partial charge >= 0.3 is 0 Å². The van der Waals surface area contributed by atoms with E-state index in [4.69, 9.17) is 5.26 Å². The van der Waals surface area contributed by atoms with Gasteiger partial charge in [-0.15, -0.1) is 0 Å². The minimum atomic E-state index is -0.365. The Balaban J connectivity index is 1.56. The molecule has 0 aliphatic rings. The van der Waals surface area contributed by atoms with Gasteiger partial charge in [-0.25, -0.2) is 4.39 Å². The molecule has 0 aliphatic heterocycles. The first-order valence-electron chi connectivity index (χ1n) is 9.00. The minimum absolute atomic E-state index is 0.256. The van der Waals surface area contributed by atoms with E-state index >= 15 is 0 Å². The van der Waals surface area contributed by atoms with Crippen LogP contribution in [0.15, 0.2) is 72.8 Å². The zero-order chi connectivity index (χ0) is 20.6. The van der Waals surface area contributed by atoms with Crippen LogP contribution < -0.4 is 10.6 Å². The molecule has 0 atom stereocenters. The van der Waals surface area contributed by atoms with E-state index in [1.54, 1.807) is 60.7 Å². The molecule has 2 N–H and O–H groups in total. The Bertz CT molecular complexity index is 1050. The number of carbonyl (C=O) groups is 2. The second kappa shape index (κ2) is 9.29. The summed E-state index contributed by atoms with van der Waals surface area (Å²) >= 11 is 0. The number of anilines is 1. The van der Waals surface area contributed by atoms with Crippen LogP contribution >= 0.6 is 0 Å². The Labute approximate surface area is 167 Å². The van der Waals surface area contributed by atoms with Crippen molar-refractivity contribution in [3.05, 3.63) is 101 Å². The number of nitriles is 1. The van der Waals surface area contributed by atoms with Gasteiger partial charge in [-0.3, -0.25) is 9.59 Å². The maximum absolute atomic E-state index is 12.9. The largest absolute Gasteiger partial charge is 0.352 e. The van der Waals surface area contributed by atoms with Crippen molar-refractivity contribution in [1.82, 2.24) is 5.32 Å². The molecule has 2 amide bonds. The molecule has 3 aromatic carbocycles. The lowest BCUT2D eigenvalue weighted by Crippen LogP contribution is -2.25. The molecule has 0 heterocycles. The number of hydrogen-bond acceptors (Lipinski definition) is 3. The summed E-state index contributed by atoms with van der Waals surface area (Å²) in [6.07, 6.45) is 0.588. The van der Waals surface area contributed by atoms with E-state index in [1.807, 2.05) is 6.07 Å². The molecule has 0 aliphatic carbocycles. The molecule has 0 saturated carbocycles. The normalized spacial score (nSPS) is 10.1. The van der Waals surface area contributed by atoms with Gasteiger partial charge in [0.05, 0.1) is 11.3 Å². The van der Waals surface area contributed by atoms with Crippen LogP contribution in [0.2, 0.25) is 0 Å². The number of nitrogens with zero attached hydrogens (tertiary/aromatic N) is 1. The first kappa shape index (κ1) is 19.8. The molecule has 0 spiro atoms. The van der Waals surface area contributed by atoms with Crippen molar-refractivity contribution >= 4 is 17.5 Å². The van der Waals surface area contributed by atoms with Gasteiger partial charge in [-0.2, -0.15) is 5.26 Å². The lowest BCUT2D eigenvalue weighted by molar-refractivity contribution is 0.0952. The Morgan fingerprint density at radius 2 is 1.48 bits per heavy atom. The predicted molar refractivity (Wildman–Crippen MR) is 108 cm³/mol. The van der Waals surface area contributed by atoms with Crippen LogP contribution in [0.1, 0.15) is 31.8 Å². The summed E-state index contributed by atoms with van der Waals surface area (Å²) in [5, 5.41) is 14.6. The number of benzene rings is 3. The predicted octanol–water partition coefficient (Wildman–Crippen LogP) is 3.92. The van der Waals surface area contributed by atoms with Crippen molar-refractivity contribution in [2.24, 2.45) is 0 Å². The number of para-hydroxylation sites is 1. The molecular formula is C23H18FN3O2. The third-order valence-electron chi connectivity index (χ3n) is 4.32. The first-order chi connectivity index (χ1) is 14.1. The van der Waals surface area contributed by atoms with Gasteiger partial charge in [0.25, 0.3) is 11.8 Å². The van der Waals surface area contributed by atoms with E-state index in [2.05, 4.69) is 10.6 Å². The Morgan fingerprint density at radius 1 is 0.862 bits per heavy atom. The number of hydrogen-bond donors (Lipinski definition) is 2. The van der Waals surface area contributed by atoms with Gasteiger partial charge in [0.15, 0.2) is 0 Å². The lowest BCUT2D eigenvalue weighted by atomic mass is 10.1. The minimum Gasteiger partial charge on any atom is -0.352 e. The van der Waals surface area contributed by atoms with E-state index < -0.39 is 0 Å². The van der Waals surface area contributed by atoms with E-state index in [-0.39, 0.29) is 17.6 Å². The lowest BCUT2D eigenvalue weighted by Gasteiger charge is -2.08. The third kappa shape index (κ3) is 5.27. The zero-order valence-corrected chi connectivity index (χ0v) is 15.5. The van der Waals surface area contributed by atoms with Gasteiger partial charge in [0.2, 0.25) is 0 Å². The quantitative estimate of drug-likeness (QED) is 0.673. The van der Waals surface area contributed by atoms with Crippen LogP contribution in [0.4, 0.5) is 10.1 Å². The van der Waals surface area contributed by atoms with Crippen molar-refractivity contribution in [2.75, 3.05) is 11.9 Å². The highest BCUT2D eigenvalue weighted by atomic mass is 19.1. The highest BCUT2D eigenvalue weighted by Gasteiger charge is 2.11. The van der Waals surface area contributed by atoms with Crippen LogP contribution in [0.5, 0.6) is 0 Å². The molecule has 0 unspecified atom stereocenters. The average Bonchev–Trinajstić information content (AvgIpc) is 2.75. The SMILES string of the molecule is N#Cc1ccccc1NC(=O)c1ccc(C(=O)NCCc2ccc(F)cc2)cc1. The average molecular weight is 387 g/mol. The fraction of sp³-hybridized carbons (Fsp3) is 0.0870. The summed E-state index contributed by atoms with van der Waals surface area (Å²) in [6.45, 7) is 0.414. The summed E-state index contributed by atoms with van der Waals surface area (Å²) in [6, 6.07) is 21.1. The molecule has 3 rings (SSSR count). The molecule has 144 valence electrons. The summed E-state index contributed by atoms with van der Waals surface area (Å²) in [7, 11) is 0. The van der Waals surface area contributed by atoms with E-state index in [0.29, 0.717) is 35.3 Å². The topological polar surface area (TPSA) is 82.0 Å². The van der Waals surface area contributed by atoms with E-state index in [1.165, 1.54) is 12.1 Å². The Kier molecular flexibility index (Phi) is 6.33. The number of halogens is 1. The number of rotatable bonds is 6. The Hall–Kier alpha value is -3.98. The van der Waals surface area contributed by atoms with Crippen LogP contribution in [-0.2, 0) is 6.42 Å². The second-order valence-electron chi connectivity index (χ2n) is 6.32. The molecular weight excluding hydrogens is 369 g/mol. The number of carbonyl (C=O) groups excluding carboxylic acids is 2. The van der Waals surface area contributed by atoms with Gasteiger partial charge in [-0.05, 0) is 60.5 Å². The van der Waals surface area contributed by atoms with Crippen LogP contribution in [-0.4, -0.2) is 18.4 Å². The smallest absolute Gasteiger partial charge is 0.255 e. The van der Waals surface area contributed by atoms with Crippen molar-refractivity contribution < 1.29 is 14.0 Å².